The number of nitrogens with zero attached hydrogens (tertiary/aromatic N) is 2. The molecule has 1 saturated heterocycles. The largest absolute Gasteiger partial charge is 0.307 e. The number of thiazole rings is 1. The van der Waals surface area contributed by atoms with E-state index >= 15 is 0 Å². The highest BCUT2D eigenvalue weighted by atomic mass is 32.2. The standard InChI is InChI=1S/C25H21N3O3S2/c1-11-4-6-13(7-5-11)28-23(29)18-14-9-15(19(18)24(28)30)20-17(14)16(12-3-2-8-26-10-12)21-22(32-20)27-25(31)33-21/h2-8,10,14-20H,9H2,1H3,(H,27,31)/t14-,15-,16-,17-,18+,19-,20-/m1/s1. The number of aromatic amines is 1. The number of aromatic nitrogens is 2. The predicted molar refractivity (Wildman–Crippen MR) is 126 cm³/mol. The third-order valence-electron chi connectivity index (χ3n) is 8.06. The number of H-pyrrole nitrogens is 1. The molecule has 7 atom stereocenters. The van der Waals surface area contributed by atoms with Crippen molar-refractivity contribution in [1.82, 2.24) is 9.97 Å². The van der Waals surface area contributed by atoms with Crippen LogP contribution in [0, 0.1) is 36.5 Å². The van der Waals surface area contributed by atoms with E-state index in [4.69, 9.17) is 0 Å². The summed E-state index contributed by atoms with van der Waals surface area (Å²) in [5.41, 5.74) is 2.85. The second kappa shape index (κ2) is 6.90. The Hall–Kier alpha value is -2.71. The van der Waals surface area contributed by atoms with Crippen LogP contribution in [0.2, 0.25) is 0 Å². The summed E-state index contributed by atoms with van der Waals surface area (Å²) in [7, 11) is 0. The average Bonchev–Trinajstić information content (AvgIpc) is 3.54. The Bertz CT molecular complexity index is 1350. The summed E-state index contributed by atoms with van der Waals surface area (Å²) in [5.74, 6) is -0.153. The lowest BCUT2D eigenvalue weighted by molar-refractivity contribution is -0.123. The van der Waals surface area contributed by atoms with Gasteiger partial charge in [0.15, 0.2) is 0 Å². The van der Waals surface area contributed by atoms with E-state index in [0.29, 0.717) is 5.69 Å². The van der Waals surface area contributed by atoms with Crippen LogP contribution in [0.4, 0.5) is 5.69 Å². The highest BCUT2D eigenvalue weighted by Gasteiger charge is 2.69. The maximum absolute atomic E-state index is 13.7. The lowest BCUT2D eigenvalue weighted by atomic mass is 9.68. The molecule has 3 fully saturated rings. The summed E-state index contributed by atoms with van der Waals surface area (Å²) in [6.45, 7) is 2.00. The van der Waals surface area contributed by atoms with Crippen molar-refractivity contribution in [2.45, 2.75) is 29.5 Å². The molecule has 6 nitrogen and oxygen atoms in total. The summed E-state index contributed by atoms with van der Waals surface area (Å²) in [5, 5.41) is 1.13. The molecule has 2 aliphatic carbocycles. The van der Waals surface area contributed by atoms with Crippen LogP contribution in [-0.2, 0) is 9.59 Å². The van der Waals surface area contributed by atoms with E-state index in [2.05, 4.69) is 16.0 Å². The van der Waals surface area contributed by atoms with E-state index in [1.807, 2.05) is 43.5 Å². The highest BCUT2D eigenvalue weighted by Crippen LogP contribution is 2.68. The molecule has 3 aromatic rings. The van der Waals surface area contributed by atoms with Crippen LogP contribution in [0.1, 0.15) is 28.3 Å². The minimum Gasteiger partial charge on any atom is -0.307 e. The number of fused-ring (bicyclic) bond motifs is 9. The molecule has 0 unspecified atom stereocenters. The number of hydrogen-bond donors (Lipinski definition) is 1. The molecule has 4 heterocycles. The van der Waals surface area contributed by atoms with E-state index in [1.165, 1.54) is 16.2 Å². The molecule has 2 bridgehead atoms. The van der Waals surface area contributed by atoms with Crippen molar-refractivity contribution < 1.29 is 9.59 Å². The van der Waals surface area contributed by atoms with Gasteiger partial charge in [-0.15, -0.1) is 11.8 Å². The third kappa shape index (κ3) is 2.62. The number of imide groups is 1. The van der Waals surface area contributed by atoms with Crippen molar-refractivity contribution in [3.8, 4) is 0 Å². The lowest BCUT2D eigenvalue weighted by Crippen LogP contribution is -2.42. The second-order valence-corrected chi connectivity index (χ2v) is 11.8. The number of pyridine rings is 1. The number of amides is 2. The van der Waals surface area contributed by atoms with Gasteiger partial charge in [-0.2, -0.15) is 0 Å². The molecule has 7 rings (SSSR count). The van der Waals surface area contributed by atoms with Gasteiger partial charge in [0.05, 0.1) is 22.5 Å². The Kier molecular flexibility index (Phi) is 4.13. The Morgan fingerprint density at radius 2 is 1.79 bits per heavy atom. The first-order chi connectivity index (χ1) is 16.0. The van der Waals surface area contributed by atoms with Crippen LogP contribution >= 0.6 is 23.1 Å². The summed E-state index contributed by atoms with van der Waals surface area (Å²) < 4.78 is 0. The number of rotatable bonds is 2. The van der Waals surface area contributed by atoms with Crippen LogP contribution in [0.5, 0.6) is 0 Å². The van der Waals surface area contributed by atoms with Gasteiger partial charge in [0.1, 0.15) is 0 Å². The van der Waals surface area contributed by atoms with E-state index in [9.17, 15) is 14.4 Å². The SMILES string of the molecule is Cc1ccc(N2C(=O)[C@@H]3[C@H]4C[C@@H]([C@@H]3C2=O)[C@@H]2[C@@H](c3cccnc3)c3sc(=O)[nH]c3S[C@H]42)cc1. The van der Waals surface area contributed by atoms with E-state index in [1.54, 1.807) is 18.0 Å². The molecule has 4 aliphatic rings. The fourth-order valence-electron chi connectivity index (χ4n) is 6.90. The van der Waals surface area contributed by atoms with Gasteiger partial charge >= 0.3 is 4.87 Å². The fraction of sp³-hybridized carbons (Fsp3) is 0.360. The number of thioether (sulfide) groups is 1. The molecule has 0 spiro atoms. The molecular weight excluding hydrogens is 454 g/mol. The Labute approximate surface area is 198 Å². The molecule has 2 amide bonds. The summed E-state index contributed by atoms with van der Waals surface area (Å²) in [6.07, 6.45) is 4.54. The molecule has 1 aromatic carbocycles. The van der Waals surface area contributed by atoms with Crippen LogP contribution in [0.15, 0.2) is 58.6 Å². The summed E-state index contributed by atoms with van der Waals surface area (Å²) in [6, 6.07) is 11.6. The average molecular weight is 476 g/mol. The molecule has 1 N–H and O–H groups in total. The number of carbonyl (C=O) groups is 2. The van der Waals surface area contributed by atoms with Gasteiger partial charge in [-0.3, -0.25) is 24.3 Å². The summed E-state index contributed by atoms with van der Waals surface area (Å²) in [4.78, 5) is 49.3. The number of anilines is 1. The van der Waals surface area contributed by atoms with Gasteiger partial charge in [0, 0.05) is 28.4 Å². The first-order valence-electron chi connectivity index (χ1n) is 11.3. The topological polar surface area (TPSA) is 83.1 Å². The van der Waals surface area contributed by atoms with Crippen LogP contribution in [-0.4, -0.2) is 27.0 Å². The quantitative estimate of drug-likeness (QED) is 0.570. The van der Waals surface area contributed by atoms with Gasteiger partial charge in [0.2, 0.25) is 11.8 Å². The second-order valence-electron chi connectivity index (χ2n) is 9.59. The van der Waals surface area contributed by atoms with Crippen LogP contribution in [0.25, 0.3) is 0 Å². The van der Waals surface area contributed by atoms with Crippen molar-refractivity contribution >= 4 is 40.6 Å². The van der Waals surface area contributed by atoms with Gasteiger partial charge in [-0.1, -0.05) is 35.1 Å². The van der Waals surface area contributed by atoms with Crippen molar-refractivity contribution in [1.29, 1.82) is 0 Å². The maximum atomic E-state index is 13.7. The van der Waals surface area contributed by atoms with Crippen molar-refractivity contribution in [2.24, 2.45) is 29.6 Å². The minimum atomic E-state index is -0.276. The zero-order valence-corrected chi connectivity index (χ0v) is 19.4. The molecular formula is C25H21N3O3S2. The van der Waals surface area contributed by atoms with Gasteiger partial charge < -0.3 is 4.98 Å². The van der Waals surface area contributed by atoms with Crippen LogP contribution < -0.4 is 9.77 Å². The molecule has 0 radical (unpaired) electrons. The van der Waals surface area contributed by atoms with E-state index < -0.39 is 0 Å². The molecule has 2 aromatic heterocycles. The predicted octanol–water partition coefficient (Wildman–Crippen LogP) is 3.82. The lowest BCUT2D eigenvalue weighted by Gasteiger charge is -2.42. The minimum absolute atomic E-state index is 0.0242. The smallest absolute Gasteiger partial charge is 0.305 e. The Morgan fingerprint density at radius 3 is 2.52 bits per heavy atom. The Morgan fingerprint density at radius 1 is 1.03 bits per heavy atom. The first kappa shape index (κ1) is 19.7. The number of aryl methyl sites for hydroxylation is 1. The van der Waals surface area contributed by atoms with Crippen molar-refractivity contribution in [2.75, 3.05) is 4.90 Å². The molecule has 2 saturated carbocycles. The number of benzene rings is 1. The fourth-order valence-corrected chi connectivity index (χ4v) is 9.79. The zero-order valence-electron chi connectivity index (χ0n) is 17.8. The first-order valence-corrected chi connectivity index (χ1v) is 13.0. The Balaban J connectivity index is 1.33. The van der Waals surface area contributed by atoms with Gasteiger partial charge in [-0.05, 0) is 54.9 Å². The number of carbonyl (C=O) groups excluding carboxylic acids is 2. The molecule has 2 aliphatic heterocycles. The van der Waals surface area contributed by atoms with Crippen molar-refractivity contribution in [3.63, 3.8) is 0 Å². The maximum Gasteiger partial charge on any atom is 0.305 e. The normalized spacial score (nSPS) is 33.8. The van der Waals surface area contributed by atoms with Crippen molar-refractivity contribution in [3.05, 3.63) is 74.5 Å². The zero-order chi connectivity index (χ0) is 22.4. The third-order valence-corrected chi connectivity index (χ3v) is 10.6. The summed E-state index contributed by atoms with van der Waals surface area (Å²) >= 11 is 2.99. The van der Waals surface area contributed by atoms with E-state index in [-0.39, 0.29) is 57.4 Å². The van der Waals surface area contributed by atoms with Gasteiger partial charge in [-0.25, -0.2) is 0 Å². The molecule has 33 heavy (non-hydrogen) atoms. The van der Waals surface area contributed by atoms with Crippen LogP contribution in [0.3, 0.4) is 0 Å². The monoisotopic (exact) mass is 475 g/mol. The van der Waals surface area contributed by atoms with Gasteiger partial charge in [0.25, 0.3) is 0 Å². The highest BCUT2D eigenvalue weighted by molar-refractivity contribution is 8.00. The number of hydrogen-bond acceptors (Lipinski definition) is 6. The number of nitrogens with one attached hydrogen (secondary N) is 1. The molecule has 166 valence electrons. The van der Waals surface area contributed by atoms with E-state index in [0.717, 1.165) is 27.5 Å². The molecule has 8 heteroatoms.